The first-order valence-corrected chi connectivity index (χ1v) is 5.80. The van der Waals surface area contributed by atoms with Crippen LogP contribution < -0.4 is 0 Å². The van der Waals surface area contributed by atoms with E-state index in [4.69, 9.17) is 9.47 Å². The maximum Gasteiger partial charge on any atom is 0.315 e. The molecule has 0 bridgehead atoms. The summed E-state index contributed by atoms with van der Waals surface area (Å²) < 4.78 is 10.2. The Morgan fingerprint density at radius 3 is 2.50 bits per heavy atom. The predicted octanol–water partition coefficient (Wildman–Crippen LogP) is 2.01. The normalized spacial score (nSPS) is 29.1. The zero-order chi connectivity index (χ0) is 13.2. The lowest BCUT2D eigenvalue weighted by atomic mass is 10.0. The molecular formula is C15H16O3. The van der Waals surface area contributed by atoms with Crippen LogP contribution in [0.3, 0.4) is 0 Å². The van der Waals surface area contributed by atoms with Crippen LogP contribution in [0, 0.1) is 17.3 Å². The van der Waals surface area contributed by atoms with E-state index in [0.29, 0.717) is 6.42 Å². The van der Waals surface area contributed by atoms with Gasteiger partial charge in [0.15, 0.2) is 0 Å². The minimum atomic E-state index is -0.712. The van der Waals surface area contributed by atoms with Crippen molar-refractivity contribution in [1.82, 2.24) is 0 Å². The summed E-state index contributed by atoms with van der Waals surface area (Å²) in [5.41, 5.74) is -0.457. The molecule has 1 fully saturated rings. The van der Waals surface area contributed by atoms with Gasteiger partial charge in [-0.15, -0.1) is 0 Å². The lowest BCUT2D eigenvalue weighted by Gasteiger charge is -2.13. The molecule has 0 unspecified atom stereocenters. The van der Waals surface area contributed by atoms with E-state index >= 15 is 0 Å². The number of methoxy groups -OCH3 is 2. The van der Waals surface area contributed by atoms with Gasteiger partial charge in [-0.25, -0.2) is 0 Å². The van der Waals surface area contributed by atoms with Crippen molar-refractivity contribution in [3.63, 3.8) is 0 Å². The van der Waals surface area contributed by atoms with E-state index in [1.54, 1.807) is 7.11 Å². The molecule has 0 saturated heterocycles. The van der Waals surface area contributed by atoms with Crippen molar-refractivity contribution in [3.05, 3.63) is 35.9 Å². The quantitative estimate of drug-likeness (QED) is 0.589. The predicted molar refractivity (Wildman–Crippen MR) is 67.8 cm³/mol. The molecule has 2 rings (SSSR count). The lowest BCUT2D eigenvalue weighted by molar-refractivity contribution is -0.148. The van der Waals surface area contributed by atoms with Crippen molar-refractivity contribution in [2.24, 2.45) is 5.41 Å². The number of benzene rings is 1. The Hall–Kier alpha value is -1.79. The van der Waals surface area contributed by atoms with Gasteiger partial charge < -0.3 is 9.47 Å². The van der Waals surface area contributed by atoms with Gasteiger partial charge in [0.1, 0.15) is 11.0 Å². The molecule has 0 aromatic heterocycles. The molecule has 3 heteroatoms. The highest BCUT2D eigenvalue weighted by Gasteiger charge is 2.70. The van der Waals surface area contributed by atoms with Crippen molar-refractivity contribution < 1.29 is 14.3 Å². The molecule has 1 aromatic carbocycles. The second-order valence-electron chi connectivity index (χ2n) is 4.65. The van der Waals surface area contributed by atoms with Gasteiger partial charge in [-0.3, -0.25) is 4.79 Å². The molecule has 0 heterocycles. The summed E-state index contributed by atoms with van der Waals surface area (Å²) in [7, 11) is 2.96. The molecule has 1 aromatic rings. The average molecular weight is 244 g/mol. The van der Waals surface area contributed by atoms with Crippen molar-refractivity contribution in [3.8, 4) is 11.8 Å². The van der Waals surface area contributed by atoms with Crippen LogP contribution in [0.25, 0.3) is 0 Å². The van der Waals surface area contributed by atoms with Crippen LogP contribution in [0.2, 0.25) is 0 Å². The first kappa shape index (κ1) is 12.7. The molecular weight excluding hydrogens is 228 g/mol. The molecule has 0 radical (unpaired) electrons. The number of hydrogen-bond donors (Lipinski definition) is 0. The van der Waals surface area contributed by atoms with Crippen LogP contribution in [-0.4, -0.2) is 25.8 Å². The van der Waals surface area contributed by atoms with Crippen molar-refractivity contribution in [2.75, 3.05) is 14.2 Å². The van der Waals surface area contributed by atoms with Crippen molar-refractivity contribution >= 4 is 5.97 Å². The third-order valence-corrected chi connectivity index (χ3v) is 3.54. The number of esters is 1. The summed E-state index contributed by atoms with van der Waals surface area (Å²) in [5, 5.41) is 0. The summed E-state index contributed by atoms with van der Waals surface area (Å²) >= 11 is 0. The van der Waals surface area contributed by atoms with Gasteiger partial charge in [-0.1, -0.05) is 30.0 Å². The fourth-order valence-electron chi connectivity index (χ4n) is 2.14. The zero-order valence-corrected chi connectivity index (χ0v) is 10.8. The van der Waals surface area contributed by atoms with Gasteiger partial charge >= 0.3 is 5.97 Å². The second kappa shape index (κ2) is 4.47. The molecule has 0 N–H and O–H groups in total. The summed E-state index contributed by atoms with van der Waals surface area (Å²) in [6.45, 7) is 1.82. The molecule has 1 saturated carbocycles. The zero-order valence-electron chi connectivity index (χ0n) is 10.8. The maximum atomic E-state index is 11.7. The van der Waals surface area contributed by atoms with Crippen LogP contribution in [0.1, 0.15) is 18.9 Å². The van der Waals surface area contributed by atoms with Crippen LogP contribution >= 0.6 is 0 Å². The minimum absolute atomic E-state index is 0.272. The van der Waals surface area contributed by atoms with Gasteiger partial charge in [0.2, 0.25) is 0 Å². The first-order chi connectivity index (χ1) is 8.58. The molecule has 0 aliphatic heterocycles. The van der Waals surface area contributed by atoms with E-state index in [-0.39, 0.29) is 5.97 Å². The number of rotatable bonds is 2. The second-order valence-corrected chi connectivity index (χ2v) is 4.65. The Kier molecular flexibility index (Phi) is 3.14. The standard InChI is InChI=1S/C15H16O3/c1-14(13(16)17-2)11-15(14,18-3)10-9-12-7-5-4-6-8-12/h4-8H,11H2,1-3H3/t14-,15+/m0/s1. The summed E-state index contributed by atoms with van der Waals surface area (Å²) in [6.07, 6.45) is 0.572. The largest absolute Gasteiger partial charge is 0.468 e. The summed E-state index contributed by atoms with van der Waals surface area (Å²) in [4.78, 5) is 11.7. The highest BCUT2D eigenvalue weighted by Crippen LogP contribution is 2.58. The fraction of sp³-hybridized carbons (Fsp3) is 0.400. The Morgan fingerprint density at radius 2 is 1.94 bits per heavy atom. The van der Waals surface area contributed by atoms with E-state index in [1.807, 2.05) is 37.3 Å². The molecule has 0 spiro atoms. The molecule has 2 atom stereocenters. The number of carbonyl (C=O) groups is 1. The maximum absolute atomic E-state index is 11.7. The molecule has 94 valence electrons. The highest BCUT2D eigenvalue weighted by atomic mass is 16.5. The van der Waals surface area contributed by atoms with E-state index in [1.165, 1.54) is 7.11 Å². The molecule has 18 heavy (non-hydrogen) atoms. The summed E-state index contributed by atoms with van der Waals surface area (Å²) in [5.74, 6) is 5.85. The molecule has 1 aliphatic carbocycles. The number of carbonyl (C=O) groups excluding carboxylic acids is 1. The van der Waals surface area contributed by atoms with Crippen LogP contribution in [0.5, 0.6) is 0 Å². The molecule has 3 nitrogen and oxygen atoms in total. The Morgan fingerprint density at radius 1 is 1.28 bits per heavy atom. The number of ether oxygens (including phenoxy) is 2. The fourth-order valence-corrected chi connectivity index (χ4v) is 2.14. The van der Waals surface area contributed by atoms with E-state index < -0.39 is 11.0 Å². The van der Waals surface area contributed by atoms with Gasteiger partial charge in [-0.05, 0) is 19.1 Å². The van der Waals surface area contributed by atoms with Crippen LogP contribution in [0.4, 0.5) is 0 Å². The highest BCUT2D eigenvalue weighted by molar-refractivity contribution is 5.84. The van der Waals surface area contributed by atoms with Gasteiger partial charge in [0.05, 0.1) is 7.11 Å². The number of hydrogen-bond acceptors (Lipinski definition) is 3. The van der Waals surface area contributed by atoms with E-state index in [2.05, 4.69) is 11.8 Å². The first-order valence-electron chi connectivity index (χ1n) is 5.80. The molecule has 0 amide bonds. The monoisotopic (exact) mass is 244 g/mol. The Labute approximate surface area is 107 Å². The average Bonchev–Trinajstić information content (AvgIpc) is 3.04. The Bertz CT molecular complexity index is 512. The summed E-state index contributed by atoms with van der Waals surface area (Å²) in [6, 6.07) is 9.64. The van der Waals surface area contributed by atoms with E-state index in [9.17, 15) is 4.79 Å². The topological polar surface area (TPSA) is 35.5 Å². The van der Waals surface area contributed by atoms with E-state index in [0.717, 1.165) is 5.56 Å². The van der Waals surface area contributed by atoms with Gasteiger partial charge in [-0.2, -0.15) is 0 Å². The third-order valence-electron chi connectivity index (χ3n) is 3.54. The lowest BCUT2D eigenvalue weighted by Crippen LogP contribution is -2.27. The smallest absolute Gasteiger partial charge is 0.315 e. The van der Waals surface area contributed by atoms with Crippen LogP contribution in [0.15, 0.2) is 30.3 Å². The van der Waals surface area contributed by atoms with Gasteiger partial charge in [0, 0.05) is 19.1 Å². The Balaban J connectivity index is 2.24. The van der Waals surface area contributed by atoms with Crippen molar-refractivity contribution in [1.29, 1.82) is 0 Å². The van der Waals surface area contributed by atoms with Crippen molar-refractivity contribution in [2.45, 2.75) is 18.9 Å². The SMILES string of the molecule is COC(=O)[C@]1(C)C[C@@]1(C#Cc1ccccc1)OC. The third kappa shape index (κ3) is 1.89. The van der Waals surface area contributed by atoms with Crippen LogP contribution in [-0.2, 0) is 14.3 Å². The molecule has 1 aliphatic rings. The van der Waals surface area contributed by atoms with Gasteiger partial charge in [0.25, 0.3) is 0 Å². The minimum Gasteiger partial charge on any atom is -0.468 e.